The molecule has 1 rings (SSSR count). The van der Waals surface area contributed by atoms with Crippen LogP contribution in [0.15, 0.2) is 18.2 Å². The summed E-state index contributed by atoms with van der Waals surface area (Å²) in [6.45, 7) is 4.73. The van der Waals surface area contributed by atoms with Crippen LogP contribution in [-0.4, -0.2) is 11.9 Å². The van der Waals surface area contributed by atoms with Crippen molar-refractivity contribution in [3.63, 3.8) is 0 Å². The number of carbonyl (C=O) groups excluding carboxylic acids is 2. The third-order valence-electron chi connectivity index (χ3n) is 2.36. The molecule has 0 amide bonds. The number of para-hydroxylation sites is 1. The van der Waals surface area contributed by atoms with Crippen molar-refractivity contribution in [2.75, 3.05) is 0 Å². The quantitative estimate of drug-likeness (QED) is 0.595. The smallest absolute Gasteiger partial charge is 0.308 e. The SMILES string of the molecule is CCCCc1cccc(OC(C)=O)c1OC(C)=O. The van der Waals surface area contributed by atoms with E-state index in [-0.39, 0.29) is 0 Å². The van der Waals surface area contributed by atoms with Crippen LogP contribution >= 0.6 is 0 Å². The fraction of sp³-hybridized carbons (Fsp3) is 0.429. The third-order valence-corrected chi connectivity index (χ3v) is 2.36. The Balaban J connectivity index is 3.07. The summed E-state index contributed by atoms with van der Waals surface area (Å²) in [6.07, 6.45) is 2.81. The van der Waals surface area contributed by atoms with Gasteiger partial charge in [0.2, 0.25) is 0 Å². The van der Waals surface area contributed by atoms with Crippen molar-refractivity contribution in [3.8, 4) is 11.5 Å². The summed E-state index contributed by atoms with van der Waals surface area (Å²) in [5.41, 5.74) is 0.880. The standard InChI is InChI=1S/C14H18O4/c1-4-5-7-12-8-6-9-13(17-10(2)15)14(12)18-11(3)16/h6,8-9H,4-5,7H2,1-3H3. The molecule has 4 heteroatoms. The molecule has 1 aromatic carbocycles. The molecule has 98 valence electrons. The molecule has 0 fully saturated rings. The normalized spacial score (nSPS) is 9.94. The van der Waals surface area contributed by atoms with E-state index < -0.39 is 11.9 Å². The molecule has 0 spiro atoms. The summed E-state index contributed by atoms with van der Waals surface area (Å²) in [5.74, 6) is -0.205. The van der Waals surface area contributed by atoms with Crippen LogP contribution in [0.25, 0.3) is 0 Å². The Hall–Kier alpha value is -1.84. The van der Waals surface area contributed by atoms with E-state index in [2.05, 4.69) is 6.92 Å². The van der Waals surface area contributed by atoms with Gasteiger partial charge in [0.1, 0.15) is 0 Å². The third kappa shape index (κ3) is 4.20. The molecule has 0 aliphatic heterocycles. The van der Waals surface area contributed by atoms with E-state index in [1.54, 1.807) is 12.1 Å². The Labute approximate surface area is 107 Å². The molecular weight excluding hydrogens is 232 g/mol. The van der Waals surface area contributed by atoms with Crippen molar-refractivity contribution in [1.82, 2.24) is 0 Å². The van der Waals surface area contributed by atoms with Gasteiger partial charge in [0, 0.05) is 13.8 Å². The van der Waals surface area contributed by atoms with Gasteiger partial charge in [-0.15, -0.1) is 0 Å². The van der Waals surface area contributed by atoms with Crippen LogP contribution in [0, 0.1) is 0 Å². The molecule has 1 aromatic rings. The summed E-state index contributed by atoms with van der Waals surface area (Å²) in [7, 11) is 0. The van der Waals surface area contributed by atoms with Crippen LogP contribution in [0.1, 0.15) is 39.2 Å². The monoisotopic (exact) mass is 250 g/mol. The number of hydrogen-bond acceptors (Lipinski definition) is 4. The molecule has 0 unspecified atom stereocenters. The molecule has 4 nitrogen and oxygen atoms in total. The summed E-state index contributed by atoms with van der Waals surface area (Å²) >= 11 is 0. The van der Waals surface area contributed by atoms with Crippen molar-refractivity contribution < 1.29 is 19.1 Å². The highest BCUT2D eigenvalue weighted by Crippen LogP contribution is 2.32. The van der Waals surface area contributed by atoms with E-state index in [1.165, 1.54) is 13.8 Å². The predicted octanol–water partition coefficient (Wildman–Crippen LogP) is 2.88. The number of hydrogen-bond donors (Lipinski definition) is 0. The molecule has 0 radical (unpaired) electrons. The summed E-state index contributed by atoms with van der Waals surface area (Å²) in [5, 5.41) is 0. The van der Waals surface area contributed by atoms with E-state index in [1.807, 2.05) is 6.07 Å². The maximum absolute atomic E-state index is 11.1. The molecule has 0 aliphatic carbocycles. The molecule has 0 saturated heterocycles. The van der Waals surface area contributed by atoms with E-state index in [9.17, 15) is 9.59 Å². The Morgan fingerprint density at radius 3 is 2.33 bits per heavy atom. The predicted molar refractivity (Wildman–Crippen MR) is 67.7 cm³/mol. The van der Waals surface area contributed by atoms with Crippen molar-refractivity contribution in [1.29, 1.82) is 0 Å². The number of aryl methyl sites for hydroxylation is 1. The zero-order valence-corrected chi connectivity index (χ0v) is 11.0. The Bertz CT molecular complexity index is 437. The number of unbranched alkanes of at least 4 members (excludes halogenated alkanes) is 1. The molecule has 0 N–H and O–H groups in total. The summed E-state index contributed by atoms with van der Waals surface area (Å²) in [4.78, 5) is 22.1. The zero-order chi connectivity index (χ0) is 13.5. The summed E-state index contributed by atoms with van der Waals surface area (Å²) in [6, 6.07) is 5.28. The van der Waals surface area contributed by atoms with Gasteiger partial charge in [-0.3, -0.25) is 9.59 Å². The number of esters is 2. The van der Waals surface area contributed by atoms with Crippen LogP contribution in [-0.2, 0) is 16.0 Å². The van der Waals surface area contributed by atoms with Crippen LogP contribution < -0.4 is 9.47 Å². The van der Waals surface area contributed by atoms with E-state index in [0.29, 0.717) is 11.5 Å². The van der Waals surface area contributed by atoms with Crippen molar-refractivity contribution in [2.45, 2.75) is 40.0 Å². The minimum absolute atomic E-state index is 0.298. The molecule has 0 bridgehead atoms. The van der Waals surface area contributed by atoms with Crippen LogP contribution in [0.2, 0.25) is 0 Å². The van der Waals surface area contributed by atoms with Crippen LogP contribution in [0.5, 0.6) is 11.5 Å². The Kier molecular flexibility index (Phi) is 5.36. The Morgan fingerprint density at radius 1 is 1.11 bits per heavy atom. The first kappa shape index (κ1) is 14.2. The first-order chi connectivity index (χ1) is 8.54. The molecular formula is C14H18O4. The molecule has 0 saturated carbocycles. The van der Waals surface area contributed by atoms with Crippen LogP contribution in [0.3, 0.4) is 0 Å². The van der Waals surface area contributed by atoms with E-state index in [0.717, 1.165) is 24.8 Å². The molecule has 0 atom stereocenters. The zero-order valence-electron chi connectivity index (χ0n) is 11.0. The fourth-order valence-electron chi connectivity index (χ4n) is 1.62. The number of benzene rings is 1. The first-order valence-corrected chi connectivity index (χ1v) is 6.03. The lowest BCUT2D eigenvalue weighted by Crippen LogP contribution is -2.09. The minimum Gasteiger partial charge on any atom is -0.423 e. The second kappa shape index (κ2) is 6.79. The maximum Gasteiger partial charge on any atom is 0.308 e. The van der Waals surface area contributed by atoms with E-state index in [4.69, 9.17) is 9.47 Å². The van der Waals surface area contributed by atoms with Gasteiger partial charge in [-0.05, 0) is 24.5 Å². The van der Waals surface area contributed by atoms with Gasteiger partial charge in [0.05, 0.1) is 0 Å². The van der Waals surface area contributed by atoms with Gasteiger partial charge in [-0.2, -0.15) is 0 Å². The highest BCUT2D eigenvalue weighted by molar-refractivity contribution is 5.74. The largest absolute Gasteiger partial charge is 0.423 e. The first-order valence-electron chi connectivity index (χ1n) is 6.03. The second-order valence-electron chi connectivity index (χ2n) is 4.04. The average Bonchev–Trinajstić information content (AvgIpc) is 2.28. The highest BCUT2D eigenvalue weighted by Gasteiger charge is 2.14. The van der Waals surface area contributed by atoms with Gasteiger partial charge < -0.3 is 9.47 Å². The van der Waals surface area contributed by atoms with Crippen molar-refractivity contribution >= 4 is 11.9 Å². The Morgan fingerprint density at radius 2 is 1.78 bits per heavy atom. The van der Waals surface area contributed by atoms with Crippen LogP contribution in [0.4, 0.5) is 0 Å². The van der Waals surface area contributed by atoms with Gasteiger partial charge in [0.25, 0.3) is 0 Å². The minimum atomic E-state index is -0.434. The number of carbonyl (C=O) groups is 2. The summed E-state index contributed by atoms with van der Waals surface area (Å²) < 4.78 is 10.2. The van der Waals surface area contributed by atoms with Gasteiger partial charge in [-0.25, -0.2) is 0 Å². The highest BCUT2D eigenvalue weighted by atomic mass is 16.6. The van der Waals surface area contributed by atoms with Gasteiger partial charge in [-0.1, -0.05) is 25.5 Å². The second-order valence-corrected chi connectivity index (χ2v) is 4.04. The number of ether oxygens (including phenoxy) is 2. The average molecular weight is 250 g/mol. The van der Waals surface area contributed by atoms with Crippen molar-refractivity contribution in [2.24, 2.45) is 0 Å². The molecule has 18 heavy (non-hydrogen) atoms. The lowest BCUT2D eigenvalue weighted by Gasteiger charge is -2.12. The van der Waals surface area contributed by atoms with Gasteiger partial charge in [0.15, 0.2) is 11.5 Å². The molecule has 0 aromatic heterocycles. The lowest BCUT2D eigenvalue weighted by atomic mass is 10.1. The lowest BCUT2D eigenvalue weighted by molar-refractivity contribution is -0.134. The van der Waals surface area contributed by atoms with Crippen molar-refractivity contribution in [3.05, 3.63) is 23.8 Å². The topological polar surface area (TPSA) is 52.6 Å². The van der Waals surface area contributed by atoms with Gasteiger partial charge >= 0.3 is 11.9 Å². The number of rotatable bonds is 5. The maximum atomic E-state index is 11.1. The van der Waals surface area contributed by atoms with E-state index >= 15 is 0 Å². The molecule has 0 heterocycles. The molecule has 0 aliphatic rings. The fourth-order valence-corrected chi connectivity index (χ4v) is 1.62.